The van der Waals surface area contributed by atoms with Crippen molar-refractivity contribution in [3.8, 4) is 11.8 Å². The van der Waals surface area contributed by atoms with Gasteiger partial charge in [-0.05, 0) is 38.7 Å². The highest BCUT2D eigenvalue weighted by molar-refractivity contribution is 5.33. The molecule has 2 heteroatoms. The summed E-state index contributed by atoms with van der Waals surface area (Å²) in [6.45, 7) is 2.56. The fraction of sp³-hybridized carbons (Fsp3) is 0.385. The van der Waals surface area contributed by atoms with Gasteiger partial charge in [-0.2, -0.15) is 0 Å². The summed E-state index contributed by atoms with van der Waals surface area (Å²) in [5.41, 5.74) is 6.51. The molecule has 0 heterocycles. The average Bonchev–Trinajstić information content (AvgIpc) is 2.28. The summed E-state index contributed by atoms with van der Waals surface area (Å²) in [7, 11) is 2.06. The van der Waals surface area contributed by atoms with E-state index in [0.29, 0.717) is 0 Å². The van der Waals surface area contributed by atoms with Crippen LogP contribution in [0.1, 0.15) is 12.0 Å². The van der Waals surface area contributed by atoms with Crippen LogP contribution in [-0.4, -0.2) is 31.6 Å². The first-order valence-electron chi connectivity index (χ1n) is 5.25. The Labute approximate surface area is 92.1 Å². The van der Waals surface area contributed by atoms with Gasteiger partial charge in [0.15, 0.2) is 0 Å². The SMILES string of the molecule is CN(CC#Cc1ccccc1)CCCN. The quantitative estimate of drug-likeness (QED) is 0.746. The smallest absolute Gasteiger partial charge is 0.0602 e. The Balaban J connectivity index is 2.33. The summed E-state index contributed by atoms with van der Waals surface area (Å²) in [5.74, 6) is 6.27. The molecule has 0 radical (unpaired) electrons. The number of benzene rings is 1. The monoisotopic (exact) mass is 202 g/mol. The maximum Gasteiger partial charge on any atom is 0.0602 e. The molecule has 2 nitrogen and oxygen atoms in total. The first kappa shape index (κ1) is 11.8. The largest absolute Gasteiger partial charge is 0.330 e. The molecule has 2 N–H and O–H groups in total. The minimum Gasteiger partial charge on any atom is -0.330 e. The van der Waals surface area contributed by atoms with E-state index in [2.05, 4.69) is 23.8 Å². The zero-order valence-electron chi connectivity index (χ0n) is 9.24. The van der Waals surface area contributed by atoms with Gasteiger partial charge in [-0.15, -0.1) is 0 Å². The first-order chi connectivity index (χ1) is 7.33. The second kappa shape index (κ2) is 7.05. The van der Waals surface area contributed by atoms with Crippen LogP contribution in [0.15, 0.2) is 30.3 Å². The predicted molar refractivity (Wildman–Crippen MR) is 64.5 cm³/mol. The van der Waals surface area contributed by atoms with Crippen molar-refractivity contribution in [2.45, 2.75) is 6.42 Å². The highest BCUT2D eigenvalue weighted by Crippen LogP contribution is 1.94. The number of hydrogen-bond donors (Lipinski definition) is 1. The molecule has 0 aliphatic heterocycles. The van der Waals surface area contributed by atoms with E-state index in [1.807, 2.05) is 30.3 Å². The van der Waals surface area contributed by atoms with E-state index in [9.17, 15) is 0 Å². The third kappa shape index (κ3) is 5.21. The van der Waals surface area contributed by atoms with Crippen molar-refractivity contribution in [3.05, 3.63) is 35.9 Å². The van der Waals surface area contributed by atoms with Gasteiger partial charge in [0.25, 0.3) is 0 Å². The summed E-state index contributed by atoms with van der Waals surface area (Å²) < 4.78 is 0. The van der Waals surface area contributed by atoms with Gasteiger partial charge in [0.2, 0.25) is 0 Å². The van der Waals surface area contributed by atoms with Crippen LogP contribution in [0.4, 0.5) is 0 Å². The molecule has 0 saturated carbocycles. The molecule has 0 unspecified atom stereocenters. The Morgan fingerprint density at radius 3 is 2.67 bits per heavy atom. The van der Waals surface area contributed by atoms with Gasteiger partial charge >= 0.3 is 0 Å². The topological polar surface area (TPSA) is 29.3 Å². The number of nitrogens with two attached hydrogens (primary N) is 1. The molecule has 0 aliphatic rings. The summed E-state index contributed by atoms with van der Waals surface area (Å²) in [6, 6.07) is 10.0. The van der Waals surface area contributed by atoms with E-state index in [0.717, 1.165) is 31.6 Å². The molecule has 80 valence electrons. The highest BCUT2D eigenvalue weighted by atomic mass is 15.1. The lowest BCUT2D eigenvalue weighted by Gasteiger charge is -2.11. The van der Waals surface area contributed by atoms with Crippen molar-refractivity contribution in [3.63, 3.8) is 0 Å². The Kier molecular flexibility index (Phi) is 5.54. The van der Waals surface area contributed by atoms with Crippen LogP contribution in [0, 0.1) is 11.8 Å². The molecular weight excluding hydrogens is 184 g/mol. The van der Waals surface area contributed by atoms with Crippen LogP contribution in [0.5, 0.6) is 0 Å². The summed E-state index contributed by atoms with van der Waals surface area (Å²) in [5, 5.41) is 0. The average molecular weight is 202 g/mol. The number of nitrogens with zero attached hydrogens (tertiary/aromatic N) is 1. The van der Waals surface area contributed by atoms with Crippen molar-refractivity contribution in [2.24, 2.45) is 5.73 Å². The van der Waals surface area contributed by atoms with E-state index in [1.165, 1.54) is 0 Å². The number of hydrogen-bond acceptors (Lipinski definition) is 2. The third-order valence-corrected chi connectivity index (χ3v) is 2.10. The van der Waals surface area contributed by atoms with Gasteiger partial charge in [0.1, 0.15) is 0 Å². The van der Waals surface area contributed by atoms with Gasteiger partial charge in [0, 0.05) is 5.56 Å². The van der Waals surface area contributed by atoms with Gasteiger partial charge in [-0.3, -0.25) is 4.90 Å². The lowest BCUT2D eigenvalue weighted by molar-refractivity contribution is 0.372. The van der Waals surface area contributed by atoms with Crippen LogP contribution >= 0.6 is 0 Å². The van der Waals surface area contributed by atoms with Gasteiger partial charge in [-0.25, -0.2) is 0 Å². The number of rotatable bonds is 4. The molecule has 1 aromatic carbocycles. The van der Waals surface area contributed by atoms with E-state index in [4.69, 9.17) is 5.73 Å². The Bertz CT molecular complexity index is 321. The fourth-order valence-electron chi connectivity index (χ4n) is 1.24. The maximum absolute atomic E-state index is 5.43. The third-order valence-electron chi connectivity index (χ3n) is 2.10. The molecule has 0 aromatic heterocycles. The zero-order chi connectivity index (χ0) is 10.9. The van der Waals surface area contributed by atoms with Crippen molar-refractivity contribution in [2.75, 3.05) is 26.7 Å². The fourth-order valence-corrected chi connectivity index (χ4v) is 1.24. The van der Waals surface area contributed by atoms with Crippen LogP contribution in [0.2, 0.25) is 0 Å². The lowest BCUT2D eigenvalue weighted by atomic mass is 10.2. The van der Waals surface area contributed by atoms with Crippen LogP contribution in [0.25, 0.3) is 0 Å². The van der Waals surface area contributed by atoms with Crippen LogP contribution in [-0.2, 0) is 0 Å². The minimum absolute atomic E-state index is 0.746. The van der Waals surface area contributed by atoms with Crippen LogP contribution in [0.3, 0.4) is 0 Å². The molecule has 0 spiro atoms. The molecule has 0 aliphatic carbocycles. The molecule has 0 atom stereocenters. The van der Waals surface area contributed by atoms with E-state index in [1.54, 1.807) is 0 Å². The predicted octanol–water partition coefficient (Wildman–Crippen LogP) is 1.32. The molecule has 0 fully saturated rings. The van der Waals surface area contributed by atoms with E-state index in [-0.39, 0.29) is 0 Å². The van der Waals surface area contributed by atoms with E-state index < -0.39 is 0 Å². The normalized spacial score (nSPS) is 9.80. The zero-order valence-corrected chi connectivity index (χ0v) is 9.24. The Hall–Kier alpha value is -1.30. The maximum atomic E-state index is 5.43. The molecule has 1 rings (SSSR count). The van der Waals surface area contributed by atoms with Crippen LogP contribution < -0.4 is 5.73 Å². The standard InChI is InChI=1S/C13H18N2/c1-15(12-6-10-14)11-5-9-13-7-3-2-4-8-13/h2-4,7-8H,6,10-12,14H2,1H3. The summed E-state index contributed by atoms with van der Waals surface area (Å²) >= 11 is 0. The molecule has 15 heavy (non-hydrogen) atoms. The molecule has 1 aromatic rings. The van der Waals surface area contributed by atoms with Crippen molar-refractivity contribution >= 4 is 0 Å². The molecule has 0 bridgehead atoms. The van der Waals surface area contributed by atoms with Crippen molar-refractivity contribution in [1.82, 2.24) is 4.90 Å². The second-order valence-electron chi connectivity index (χ2n) is 3.55. The lowest BCUT2D eigenvalue weighted by Crippen LogP contribution is -2.21. The van der Waals surface area contributed by atoms with Crippen molar-refractivity contribution < 1.29 is 0 Å². The minimum atomic E-state index is 0.746. The van der Waals surface area contributed by atoms with Gasteiger partial charge < -0.3 is 5.73 Å². The van der Waals surface area contributed by atoms with Gasteiger partial charge in [0.05, 0.1) is 6.54 Å². The second-order valence-corrected chi connectivity index (χ2v) is 3.55. The van der Waals surface area contributed by atoms with Gasteiger partial charge in [-0.1, -0.05) is 30.0 Å². The molecule has 0 amide bonds. The van der Waals surface area contributed by atoms with Crippen molar-refractivity contribution in [1.29, 1.82) is 0 Å². The molecular formula is C13H18N2. The Morgan fingerprint density at radius 1 is 1.27 bits per heavy atom. The summed E-state index contributed by atoms with van der Waals surface area (Å²) in [4.78, 5) is 2.18. The Morgan fingerprint density at radius 2 is 2.00 bits per heavy atom. The highest BCUT2D eigenvalue weighted by Gasteiger charge is 1.92. The first-order valence-corrected chi connectivity index (χ1v) is 5.25. The molecule has 0 saturated heterocycles. The summed E-state index contributed by atoms with van der Waals surface area (Å²) in [6.07, 6.45) is 1.03. The van der Waals surface area contributed by atoms with E-state index >= 15 is 0 Å².